The zero-order chi connectivity index (χ0) is 20.4. The number of pyridine rings is 1. The highest BCUT2D eigenvalue weighted by Gasteiger charge is 2.24. The van der Waals surface area contributed by atoms with Gasteiger partial charge in [-0.05, 0) is 55.3 Å². The topological polar surface area (TPSA) is 71.3 Å². The van der Waals surface area contributed by atoms with E-state index in [9.17, 15) is 9.59 Å². The number of carbonyl (C=O) groups is 1. The highest BCUT2D eigenvalue weighted by Crippen LogP contribution is 2.16. The maximum absolute atomic E-state index is 12.6. The van der Waals surface area contributed by atoms with Gasteiger partial charge in [-0.15, -0.1) is 5.10 Å². The Morgan fingerprint density at radius 2 is 1.72 bits per heavy atom. The van der Waals surface area contributed by atoms with Gasteiger partial charge in [-0.2, -0.15) is 4.68 Å². The first-order valence-electron chi connectivity index (χ1n) is 9.66. The maximum atomic E-state index is 12.6. The molecule has 1 aliphatic rings. The summed E-state index contributed by atoms with van der Waals surface area (Å²) in [7, 11) is 0. The molecule has 2 aromatic heterocycles. The molecule has 1 fully saturated rings. The van der Waals surface area contributed by atoms with Crippen molar-refractivity contribution in [2.75, 3.05) is 31.1 Å². The Morgan fingerprint density at radius 1 is 0.931 bits per heavy atom. The Bertz CT molecular complexity index is 1090. The molecule has 148 valence electrons. The average molecular weight is 389 g/mol. The van der Waals surface area contributed by atoms with Gasteiger partial charge >= 0.3 is 0 Å². The summed E-state index contributed by atoms with van der Waals surface area (Å²) in [5, 5.41) is 4.58. The summed E-state index contributed by atoms with van der Waals surface area (Å²) < 4.78 is 1.44. The van der Waals surface area contributed by atoms with Crippen molar-refractivity contribution in [3.05, 3.63) is 81.9 Å². The molecule has 3 heterocycles. The first-order chi connectivity index (χ1) is 14.0. The van der Waals surface area contributed by atoms with Crippen LogP contribution in [0.25, 0.3) is 5.69 Å². The molecule has 0 bridgehead atoms. The third kappa shape index (κ3) is 3.89. The predicted octanol–water partition coefficient (Wildman–Crippen LogP) is 2.21. The fraction of sp³-hybridized carbons (Fsp3) is 0.273. The van der Waals surface area contributed by atoms with Gasteiger partial charge < -0.3 is 9.80 Å². The molecule has 1 saturated heterocycles. The van der Waals surface area contributed by atoms with Crippen LogP contribution in [0.5, 0.6) is 0 Å². The number of hydrogen-bond acceptors (Lipinski definition) is 5. The van der Waals surface area contributed by atoms with Crippen LogP contribution in [0.2, 0.25) is 0 Å². The summed E-state index contributed by atoms with van der Waals surface area (Å²) >= 11 is 0. The number of piperazine rings is 1. The van der Waals surface area contributed by atoms with E-state index in [0.717, 1.165) is 17.1 Å². The second-order valence-electron chi connectivity index (χ2n) is 7.20. The molecule has 29 heavy (non-hydrogen) atoms. The smallest absolute Gasteiger partial charge is 0.272 e. The number of anilines is 1. The third-order valence-electron chi connectivity index (χ3n) is 5.30. The van der Waals surface area contributed by atoms with E-state index in [4.69, 9.17) is 0 Å². The minimum Gasteiger partial charge on any atom is -0.352 e. The monoisotopic (exact) mass is 389 g/mol. The summed E-state index contributed by atoms with van der Waals surface area (Å²) in [6, 6.07) is 14.5. The van der Waals surface area contributed by atoms with Crippen LogP contribution in [-0.4, -0.2) is 51.8 Å². The number of benzene rings is 1. The van der Waals surface area contributed by atoms with E-state index in [2.05, 4.69) is 15.0 Å². The van der Waals surface area contributed by atoms with Crippen LogP contribution < -0.4 is 10.5 Å². The van der Waals surface area contributed by atoms with Crippen molar-refractivity contribution in [3.8, 4) is 5.69 Å². The number of aryl methyl sites for hydroxylation is 2. The normalized spacial score (nSPS) is 14.1. The molecule has 1 aromatic carbocycles. The zero-order valence-electron chi connectivity index (χ0n) is 16.6. The Balaban J connectivity index is 1.51. The second kappa shape index (κ2) is 7.87. The molecule has 0 unspecified atom stereocenters. The van der Waals surface area contributed by atoms with E-state index in [0.29, 0.717) is 31.9 Å². The summed E-state index contributed by atoms with van der Waals surface area (Å²) in [4.78, 5) is 33.0. The Labute approximate surface area is 169 Å². The molecule has 1 amide bonds. The SMILES string of the molecule is Cc1ccc(-n2nc(N3CCN(C(=O)c4ccccn4)CC3)ccc2=O)cc1C. The van der Waals surface area contributed by atoms with Crippen LogP contribution in [0.15, 0.2) is 59.5 Å². The van der Waals surface area contributed by atoms with Gasteiger partial charge in [0.05, 0.1) is 5.69 Å². The van der Waals surface area contributed by atoms with Crippen LogP contribution in [0, 0.1) is 13.8 Å². The largest absolute Gasteiger partial charge is 0.352 e. The minimum absolute atomic E-state index is 0.0571. The lowest BCUT2D eigenvalue weighted by atomic mass is 10.1. The summed E-state index contributed by atoms with van der Waals surface area (Å²) in [6.45, 7) is 6.52. The standard InChI is InChI=1S/C22H23N5O2/c1-16-6-7-18(15-17(16)2)27-21(28)9-8-20(24-27)25-11-13-26(14-12-25)22(29)19-5-3-4-10-23-19/h3-10,15H,11-14H2,1-2H3. The van der Waals surface area contributed by atoms with E-state index in [1.165, 1.54) is 10.2 Å². The van der Waals surface area contributed by atoms with E-state index < -0.39 is 0 Å². The quantitative estimate of drug-likeness (QED) is 0.687. The number of nitrogens with zero attached hydrogens (tertiary/aromatic N) is 5. The van der Waals surface area contributed by atoms with Crippen LogP contribution >= 0.6 is 0 Å². The molecule has 0 radical (unpaired) electrons. The maximum Gasteiger partial charge on any atom is 0.272 e. The molecule has 4 rings (SSSR count). The lowest BCUT2D eigenvalue weighted by molar-refractivity contribution is 0.0740. The lowest BCUT2D eigenvalue weighted by Gasteiger charge is -2.35. The average Bonchev–Trinajstić information content (AvgIpc) is 2.76. The van der Waals surface area contributed by atoms with Crippen LogP contribution in [0.3, 0.4) is 0 Å². The van der Waals surface area contributed by atoms with E-state index in [-0.39, 0.29) is 11.5 Å². The van der Waals surface area contributed by atoms with Crippen LogP contribution in [-0.2, 0) is 0 Å². The molecular formula is C22H23N5O2. The highest BCUT2D eigenvalue weighted by molar-refractivity contribution is 5.92. The van der Waals surface area contributed by atoms with Crippen molar-refractivity contribution in [1.82, 2.24) is 19.7 Å². The zero-order valence-corrected chi connectivity index (χ0v) is 16.6. The van der Waals surface area contributed by atoms with Crippen molar-refractivity contribution >= 4 is 11.7 Å². The summed E-state index contributed by atoms with van der Waals surface area (Å²) in [5.41, 5.74) is 3.34. The van der Waals surface area contributed by atoms with Gasteiger partial charge in [0.1, 0.15) is 11.5 Å². The third-order valence-corrected chi connectivity index (χ3v) is 5.30. The van der Waals surface area contributed by atoms with Crippen molar-refractivity contribution in [2.45, 2.75) is 13.8 Å². The van der Waals surface area contributed by atoms with Gasteiger partial charge in [-0.1, -0.05) is 12.1 Å². The molecule has 7 nitrogen and oxygen atoms in total. The van der Waals surface area contributed by atoms with Gasteiger partial charge in [0.2, 0.25) is 0 Å². The lowest BCUT2D eigenvalue weighted by Crippen LogP contribution is -2.49. The Kier molecular flexibility index (Phi) is 5.12. The first kappa shape index (κ1) is 18.9. The van der Waals surface area contributed by atoms with Crippen molar-refractivity contribution in [3.63, 3.8) is 0 Å². The molecule has 3 aromatic rings. The molecule has 0 spiro atoms. The minimum atomic E-state index is -0.166. The molecule has 7 heteroatoms. The number of amides is 1. The van der Waals surface area contributed by atoms with Gasteiger partial charge in [-0.3, -0.25) is 14.6 Å². The van der Waals surface area contributed by atoms with Crippen molar-refractivity contribution in [2.24, 2.45) is 0 Å². The van der Waals surface area contributed by atoms with Gasteiger partial charge in [0.25, 0.3) is 11.5 Å². The first-order valence-corrected chi connectivity index (χ1v) is 9.66. The molecule has 0 saturated carbocycles. The molecule has 0 atom stereocenters. The van der Waals surface area contributed by atoms with Crippen molar-refractivity contribution < 1.29 is 4.79 Å². The fourth-order valence-electron chi connectivity index (χ4n) is 3.40. The molecular weight excluding hydrogens is 366 g/mol. The van der Waals surface area contributed by atoms with E-state index in [1.807, 2.05) is 38.1 Å². The highest BCUT2D eigenvalue weighted by atomic mass is 16.2. The van der Waals surface area contributed by atoms with E-state index >= 15 is 0 Å². The second-order valence-corrected chi connectivity index (χ2v) is 7.20. The van der Waals surface area contributed by atoms with Gasteiger partial charge in [0, 0.05) is 38.4 Å². The number of aromatic nitrogens is 3. The van der Waals surface area contributed by atoms with Crippen LogP contribution in [0.1, 0.15) is 21.6 Å². The van der Waals surface area contributed by atoms with Crippen LogP contribution in [0.4, 0.5) is 5.82 Å². The Morgan fingerprint density at radius 3 is 2.41 bits per heavy atom. The molecule has 1 aliphatic heterocycles. The molecule has 0 N–H and O–H groups in total. The summed E-state index contributed by atoms with van der Waals surface area (Å²) in [6.07, 6.45) is 1.63. The predicted molar refractivity (Wildman–Crippen MR) is 112 cm³/mol. The fourth-order valence-corrected chi connectivity index (χ4v) is 3.40. The van der Waals surface area contributed by atoms with Gasteiger partial charge in [0.15, 0.2) is 0 Å². The van der Waals surface area contributed by atoms with Gasteiger partial charge in [-0.25, -0.2) is 0 Å². The Hall–Kier alpha value is -3.48. The van der Waals surface area contributed by atoms with E-state index in [1.54, 1.807) is 35.4 Å². The summed E-state index contributed by atoms with van der Waals surface area (Å²) in [5.74, 6) is 0.672. The number of hydrogen-bond donors (Lipinski definition) is 0. The molecule has 0 aliphatic carbocycles. The van der Waals surface area contributed by atoms with Crippen molar-refractivity contribution in [1.29, 1.82) is 0 Å². The number of rotatable bonds is 3. The number of carbonyl (C=O) groups excluding carboxylic acids is 1.